The average Bonchev–Trinajstić information content (AvgIpc) is 2.63. The summed E-state index contributed by atoms with van der Waals surface area (Å²) < 4.78 is 18.4. The van der Waals surface area contributed by atoms with Gasteiger partial charge in [-0.3, -0.25) is 10.9 Å². The van der Waals surface area contributed by atoms with Gasteiger partial charge in [0.1, 0.15) is 0 Å². The second-order valence-electron chi connectivity index (χ2n) is 6.74. The fourth-order valence-electron chi connectivity index (χ4n) is 2.97. The maximum Gasteiger partial charge on any atom is 0.501 e. The lowest BCUT2D eigenvalue weighted by atomic mass is 9.96. The zero-order valence-corrected chi connectivity index (χ0v) is 17.2. The maximum atomic E-state index is 6.13. The average molecular weight is 361 g/mol. The summed E-state index contributed by atoms with van der Waals surface area (Å²) in [5.41, 5.74) is 6.88. The summed E-state index contributed by atoms with van der Waals surface area (Å²) >= 11 is 0. The molecule has 1 aliphatic carbocycles. The minimum atomic E-state index is -2.52. The quantitative estimate of drug-likeness (QED) is 0.262. The van der Waals surface area contributed by atoms with E-state index in [0.29, 0.717) is 6.04 Å². The van der Waals surface area contributed by atoms with E-state index in [9.17, 15) is 0 Å². The fraction of sp³-hybridized carbons (Fsp3) is 1.00. The molecule has 0 aromatic heterocycles. The molecule has 0 aliphatic heterocycles. The smallest absolute Gasteiger partial charge is 0.373 e. The Kier molecular flexibility index (Phi) is 13.1. The summed E-state index contributed by atoms with van der Waals surface area (Å²) in [5, 5.41) is 0. The minimum absolute atomic E-state index is 0.643. The summed E-state index contributed by atoms with van der Waals surface area (Å²) in [5.74, 6) is 0. The van der Waals surface area contributed by atoms with Crippen LogP contribution in [0.2, 0.25) is 6.04 Å². The van der Waals surface area contributed by atoms with Crippen LogP contribution >= 0.6 is 0 Å². The monoisotopic (exact) mass is 360 g/mol. The van der Waals surface area contributed by atoms with E-state index in [1.807, 2.05) is 0 Å². The molecule has 2 N–H and O–H groups in total. The van der Waals surface area contributed by atoms with Gasteiger partial charge in [-0.25, -0.2) is 0 Å². The van der Waals surface area contributed by atoms with Gasteiger partial charge >= 0.3 is 8.80 Å². The van der Waals surface area contributed by atoms with E-state index in [0.717, 1.165) is 58.1 Å². The molecule has 1 aliphatic rings. The predicted octanol–water partition coefficient (Wildman–Crippen LogP) is 4.02. The number of hydrogen-bond acceptors (Lipinski definition) is 5. The summed E-state index contributed by atoms with van der Waals surface area (Å²) in [6.45, 7) is 9.53. The van der Waals surface area contributed by atoms with Crippen LogP contribution in [0.5, 0.6) is 0 Å². The van der Waals surface area contributed by atoms with Crippen molar-refractivity contribution in [3.8, 4) is 0 Å². The SMILES string of the molecule is CCCO[Si](CCCNNC1CCCCC1)(OCCC)OCCC. The molecule has 1 saturated carbocycles. The Bertz CT molecular complexity index is 268. The van der Waals surface area contributed by atoms with E-state index in [2.05, 4.69) is 31.6 Å². The van der Waals surface area contributed by atoms with Crippen molar-refractivity contribution in [2.45, 2.75) is 90.6 Å². The highest BCUT2D eigenvalue weighted by Crippen LogP contribution is 2.19. The molecule has 0 radical (unpaired) electrons. The normalized spacial score (nSPS) is 16.6. The van der Waals surface area contributed by atoms with Crippen LogP contribution in [0.3, 0.4) is 0 Å². The first kappa shape index (κ1) is 22.1. The molecule has 0 aromatic rings. The fourth-order valence-corrected chi connectivity index (χ4v) is 5.81. The Hall–Kier alpha value is 0.0169. The molecule has 0 aromatic carbocycles. The van der Waals surface area contributed by atoms with Crippen LogP contribution in [-0.4, -0.2) is 41.2 Å². The zero-order chi connectivity index (χ0) is 17.5. The Morgan fingerprint density at radius 3 is 1.88 bits per heavy atom. The first-order valence-electron chi connectivity index (χ1n) is 10.2. The van der Waals surface area contributed by atoms with Gasteiger partial charge in [0.15, 0.2) is 0 Å². The van der Waals surface area contributed by atoms with Gasteiger partial charge in [-0.05, 0) is 38.5 Å². The lowest BCUT2D eigenvalue weighted by Crippen LogP contribution is -2.48. The Balaban J connectivity index is 2.34. The Labute approximate surface area is 150 Å². The molecule has 0 heterocycles. The van der Waals surface area contributed by atoms with Crippen molar-refractivity contribution in [3.05, 3.63) is 0 Å². The Morgan fingerprint density at radius 2 is 1.38 bits per heavy atom. The maximum absolute atomic E-state index is 6.13. The molecule has 0 saturated heterocycles. The molecule has 0 spiro atoms. The third-order valence-electron chi connectivity index (χ3n) is 4.27. The molecule has 0 unspecified atom stereocenters. The van der Waals surface area contributed by atoms with E-state index in [1.54, 1.807) is 0 Å². The Morgan fingerprint density at radius 1 is 0.833 bits per heavy atom. The second-order valence-corrected chi connectivity index (χ2v) is 9.47. The molecule has 1 fully saturated rings. The minimum Gasteiger partial charge on any atom is -0.373 e. The standard InChI is InChI=1S/C18H40N2O3Si/c1-4-14-21-24(22-15-5-2,23-16-6-3)17-10-13-19-20-18-11-8-7-9-12-18/h18-20H,4-17H2,1-3H3. The number of hydrogen-bond donors (Lipinski definition) is 2. The van der Waals surface area contributed by atoms with E-state index in [4.69, 9.17) is 13.3 Å². The van der Waals surface area contributed by atoms with Gasteiger partial charge in [-0.1, -0.05) is 40.0 Å². The molecule has 0 amide bonds. The number of nitrogens with one attached hydrogen (secondary N) is 2. The van der Waals surface area contributed by atoms with E-state index >= 15 is 0 Å². The van der Waals surface area contributed by atoms with Crippen LogP contribution in [0.1, 0.15) is 78.6 Å². The van der Waals surface area contributed by atoms with Gasteiger partial charge in [0.25, 0.3) is 0 Å². The highest BCUT2D eigenvalue weighted by atomic mass is 28.4. The van der Waals surface area contributed by atoms with Crippen LogP contribution < -0.4 is 10.9 Å². The molecular formula is C18H40N2O3Si. The van der Waals surface area contributed by atoms with Crippen molar-refractivity contribution >= 4 is 8.80 Å². The van der Waals surface area contributed by atoms with Gasteiger partial charge in [-0.15, -0.1) is 0 Å². The van der Waals surface area contributed by atoms with Crippen molar-refractivity contribution in [2.24, 2.45) is 0 Å². The van der Waals surface area contributed by atoms with Gasteiger partial charge in [0, 0.05) is 38.5 Å². The third-order valence-corrected chi connectivity index (χ3v) is 7.17. The topological polar surface area (TPSA) is 51.8 Å². The molecule has 0 bridgehead atoms. The van der Waals surface area contributed by atoms with Crippen LogP contribution in [0, 0.1) is 0 Å². The van der Waals surface area contributed by atoms with Crippen LogP contribution in [-0.2, 0) is 13.3 Å². The molecule has 0 atom stereocenters. The van der Waals surface area contributed by atoms with Crippen molar-refractivity contribution in [3.63, 3.8) is 0 Å². The zero-order valence-electron chi connectivity index (χ0n) is 16.2. The van der Waals surface area contributed by atoms with Gasteiger partial charge in [0.2, 0.25) is 0 Å². The van der Waals surface area contributed by atoms with Crippen LogP contribution in [0.15, 0.2) is 0 Å². The van der Waals surface area contributed by atoms with Crippen LogP contribution in [0.25, 0.3) is 0 Å². The van der Waals surface area contributed by atoms with E-state index in [1.165, 1.54) is 32.1 Å². The van der Waals surface area contributed by atoms with Gasteiger partial charge in [0.05, 0.1) is 0 Å². The van der Waals surface area contributed by atoms with Crippen molar-refractivity contribution in [2.75, 3.05) is 26.4 Å². The number of hydrazine groups is 1. The molecule has 24 heavy (non-hydrogen) atoms. The molecule has 144 valence electrons. The van der Waals surface area contributed by atoms with Crippen LogP contribution in [0.4, 0.5) is 0 Å². The van der Waals surface area contributed by atoms with Crippen molar-refractivity contribution in [1.29, 1.82) is 0 Å². The number of rotatable bonds is 15. The first-order chi connectivity index (χ1) is 11.8. The second kappa shape index (κ2) is 14.2. The molecule has 5 nitrogen and oxygen atoms in total. The first-order valence-corrected chi connectivity index (χ1v) is 12.1. The lowest BCUT2D eigenvalue weighted by Gasteiger charge is -2.30. The van der Waals surface area contributed by atoms with Crippen molar-refractivity contribution < 1.29 is 13.3 Å². The van der Waals surface area contributed by atoms with E-state index in [-0.39, 0.29) is 0 Å². The highest BCUT2D eigenvalue weighted by molar-refractivity contribution is 6.60. The predicted molar refractivity (Wildman–Crippen MR) is 102 cm³/mol. The van der Waals surface area contributed by atoms with Gasteiger partial charge in [-0.2, -0.15) is 0 Å². The van der Waals surface area contributed by atoms with Gasteiger partial charge < -0.3 is 13.3 Å². The molecule has 1 rings (SSSR count). The largest absolute Gasteiger partial charge is 0.501 e. The summed E-state index contributed by atoms with van der Waals surface area (Å²) in [6, 6.07) is 1.54. The molecule has 6 heteroatoms. The van der Waals surface area contributed by atoms with E-state index < -0.39 is 8.80 Å². The van der Waals surface area contributed by atoms with Crippen molar-refractivity contribution in [1.82, 2.24) is 10.9 Å². The summed E-state index contributed by atoms with van der Waals surface area (Å²) in [4.78, 5) is 0. The third kappa shape index (κ3) is 9.49. The summed E-state index contributed by atoms with van der Waals surface area (Å²) in [7, 11) is -2.52. The highest BCUT2D eigenvalue weighted by Gasteiger charge is 2.40. The lowest BCUT2D eigenvalue weighted by molar-refractivity contribution is 0.0587. The summed E-state index contributed by atoms with van der Waals surface area (Å²) in [6.07, 6.45) is 10.7. The molecular weight excluding hydrogens is 320 g/mol.